The third-order valence-corrected chi connectivity index (χ3v) is 3.87. The van der Waals surface area contributed by atoms with Crippen molar-refractivity contribution in [1.82, 2.24) is 4.90 Å². The molecule has 0 bridgehead atoms. The highest BCUT2D eigenvalue weighted by atomic mass is 16.5. The molecule has 1 atom stereocenters. The van der Waals surface area contributed by atoms with Crippen molar-refractivity contribution in [2.45, 2.75) is 31.7 Å². The Morgan fingerprint density at radius 3 is 2.72 bits per heavy atom. The lowest BCUT2D eigenvalue weighted by Gasteiger charge is -2.35. The lowest BCUT2D eigenvalue weighted by atomic mass is 10.0. The van der Waals surface area contributed by atoms with Gasteiger partial charge in [0.25, 0.3) is 0 Å². The van der Waals surface area contributed by atoms with E-state index in [0.717, 1.165) is 25.3 Å². The molecule has 0 amide bonds. The van der Waals surface area contributed by atoms with Gasteiger partial charge in [0.1, 0.15) is 5.75 Å². The van der Waals surface area contributed by atoms with Crippen LogP contribution in [-0.2, 0) is 6.42 Å². The predicted octanol–water partition coefficient (Wildman–Crippen LogP) is 2.05. The largest absolute Gasteiger partial charge is 0.497 e. The quantitative estimate of drug-likeness (QED) is 0.866. The third kappa shape index (κ3) is 3.47. The van der Waals surface area contributed by atoms with Gasteiger partial charge in [0.2, 0.25) is 0 Å². The Morgan fingerprint density at radius 1 is 1.28 bits per heavy atom. The van der Waals surface area contributed by atoms with Gasteiger partial charge in [-0.1, -0.05) is 18.6 Å². The molecular formula is C15H24N2O. The summed E-state index contributed by atoms with van der Waals surface area (Å²) in [5.74, 6) is 0.927. The summed E-state index contributed by atoms with van der Waals surface area (Å²) in [5, 5.41) is 0. The van der Waals surface area contributed by atoms with E-state index in [1.54, 1.807) is 7.11 Å². The van der Waals surface area contributed by atoms with Crippen LogP contribution in [0.25, 0.3) is 0 Å². The maximum Gasteiger partial charge on any atom is 0.118 e. The van der Waals surface area contributed by atoms with Gasteiger partial charge >= 0.3 is 0 Å². The first-order chi connectivity index (χ1) is 8.83. The Balaban J connectivity index is 1.85. The molecule has 0 aromatic heterocycles. The second-order valence-corrected chi connectivity index (χ2v) is 5.02. The zero-order chi connectivity index (χ0) is 12.8. The number of piperidine rings is 1. The predicted molar refractivity (Wildman–Crippen MR) is 75.0 cm³/mol. The number of methoxy groups -OCH3 is 1. The number of hydrogen-bond donors (Lipinski definition) is 1. The molecule has 1 fully saturated rings. The monoisotopic (exact) mass is 248 g/mol. The van der Waals surface area contributed by atoms with E-state index in [1.165, 1.54) is 31.4 Å². The van der Waals surface area contributed by atoms with Gasteiger partial charge in [0, 0.05) is 19.1 Å². The molecule has 1 heterocycles. The van der Waals surface area contributed by atoms with Crippen LogP contribution < -0.4 is 10.5 Å². The fraction of sp³-hybridized carbons (Fsp3) is 0.600. The summed E-state index contributed by atoms with van der Waals surface area (Å²) < 4.78 is 5.17. The van der Waals surface area contributed by atoms with Gasteiger partial charge in [-0.15, -0.1) is 0 Å². The van der Waals surface area contributed by atoms with E-state index in [-0.39, 0.29) is 0 Å². The fourth-order valence-electron chi connectivity index (χ4n) is 2.69. The van der Waals surface area contributed by atoms with Crippen LogP contribution in [0.15, 0.2) is 24.3 Å². The Hall–Kier alpha value is -1.06. The highest BCUT2D eigenvalue weighted by molar-refractivity contribution is 5.27. The van der Waals surface area contributed by atoms with Gasteiger partial charge in [0.05, 0.1) is 7.11 Å². The van der Waals surface area contributed by atoms with Crippen LogP contribution >= 0.6 is 0 Å². The molecule has 2 rings (SSSR count). The molecule has 3 nitrogen and oxygen atoms in total. The third-order valence-electron chi connectivity index (χ3n) is 3.87. The molecular weight excluding hydrogens is 224 g/mol. The van der Waals surface area contributed by atoms with Crippen molar-refractivity contribution in [1.29, 1.82) is 0 Å². The van der Waals surface area contributed by atoms with Crippen molar-refractivity contribution in [3.05, 3.63) is 29.8 Å². The van der Waals surface area contributed by atoms with E-state index in [0.29, 0.717) is 6.04 Å². The van der Waals surface area contributed by atoms with Crippen LogP contribution in [0.2, 0.25) is 0 Å². The zero-order valence-electron chi connectivity index (χ0n) is 11.3. The highest BCUT2D eigenvalue weighted by Crippen LogP contribution is 2.17. The van der Waals surface area contributed by atoms with E-state index in [1.807, 2.05) is 12.1 Å². The number of nitrogens with two attached hydrogens (primary N) is 1. The average Bonchev–Trinajstić information content (AvgIpc) is 2.46. The molecule has 0 radical (unpaired) electrons. The summed E-state index contributed by atoms with van der Waals surface area (Å²) in [6, 6.07) is 8.97. The van der Waals surface area contributed by atoms with E-state index in [4.69, 9.17) is 10.5 Å². The molecule has 100 valence electrons. The van der Waals surface area contributed by atoms with Crippen molar-refractivity contribution in [3.63, 3.8) is 0 Å². The molecule has 1 aliphatic rings. The molecule has 0 spiro atoms. The normalized spacial score (nSPS) is 20.9. The summed E-state index contributed by atoms with van der Waals surface area (Å²) in [6.45, 7) is 3.12. The summed E-state index contributed by atoms with van der Waals surface area (Å²) in [6.07, 6.45) is 5.01. The number of likely N-dealkylation sites (tertiary alicyclic amines) is 1. The van der Waals surface area contributed by atoms with Crippen LogP contribution in [0.5, 0.6) is 5.75 Å². The second-order valence-electron chi connectivity index (χ2n) is 5.02. The fourth-order valence-corrected chi connectivity index (χ4v) is 2.69. The molecule has 0 aliphatic carbocycles. The van der Waals surface area contributed by atoms with Crippen molar-refractivity contribution in [3.8, 4) is 5.75 Å². The molecule has 1 saturated heterocycles. The van der Waals surface area contributed by atoms with Gasteiger partial charge in [0.15, 0.2) is 0 Å². The van der Waals surface area contributed by atoms with E-state index >= 15 is 0 Å². The number of ether oxygens (including phenoxy) is 1. The molecule has 1 aliphatic heterocycles. The van der Waals surface area contributed by atoms with Crippen LogP contribution in [0.4, 0.5) is 0 Å². The van der Waals surface area contributed by atoms with Gasteiger partial charge in [-0.2, -0.15) is 0 Å². The Bertz CT molecular complexity index is 350. The van der Waals surface area contributed by atoms with Gasteiger partial charge < -0.3 is 10.5 Å². The zero-order valence-corrected chi connectivity index (χ0v) is 11.3. The van der Waals surface area contributed by atoms with Gasteiger partial charge in [-0.25, -0.2) is 0 Å². The standard InChI is InChI=1S/C15H24N2O/c1-18-15-7-5-13(6-8-15)9-11-17-10-3-2-4-14(17)12-16/h5-8,14H,2-4,9-12,16H2,1H3. The molecule has 1 aromatic carbocycles. The molecule has 3 heteroatoms. The molecule has 18 heavy (non-hydrogen) atoms. The van der Waals surface area contributed by atoms with Gasteiger partial charge in [-0.05, 0) is 43.5 Å². The molecule has 1 unspecified atom stereocenters. The number of nitrogens with zero attached hydrogens (tertiary/aromatic N) is 1. The summed E-state index contributed by atoms with van der Waals surface area (Å²) in [5.41, 5.74) is 7.21. The van der Waals surface area contributed by atoms with E-state index in [2.05, 4.69) is 17.0 Å². The molecule has 0 saturated carbocycles. The lowest BCUT2D eigenvalue weighted by molar-refractivity contribution is 0.155. The summed E-state index contributed by atoms with van der Waals surface area (Å²) >= 11 is 0. The van der Waals surface area contributed by atoms with E-state index < -0.39 is 0 Å². The van der Waals surface area contributed by atoms with Crippen LogP contribution in [0, 0.1) is 0 Å². The minimum Gasteiger partial charge on any atom is -0.497 e. The van der Waals surface area contributed by atoms with Crippen molar-refractivity contribution < 1.29 is 4.74 Å². The maximum atomic E-state index is 5.84. The number of hydrogen-bond acceptors (Lipinski definition) is 3. The number of rotatable bonds is 5. The Kier molecular flexibility index (Phi) is 5.02. The van der Waals surface area contributed by atoms with Crippen LogP contribution in [0.1, 0.15) is 24.8 Å². The number of benzene rings is 1. The first-order valence-electron chi connectivity index (χ1n) is 6.90. The van der Waals surface area contributed by atoms with Gasteiger partial charge in [-0.3, -0.25) is 4.90 Å². The lowest BCUT2D eigenvalue weighted by Crippen LogP contribution is -2.44. The van der Waals surface area contributed by atoms with Crippen molar-refractivity contribution in [2.75, 3.05) is 26.7 Å². The summed E-state index contributed by atoms with van der Waals surface area (Å²) in [7, 11) is 1.70. The highest BCUT2D eigenvalue weighted by Gasteiger charge is 2.20. The topological polar surface area (TPSA) is 38.5 Å². The molecule has 1 aromatic rings. The SMILES string of the molecule is COc1ccc(CCN2CCCCC2CN)cc1. The van der Waals surface area contributed by atoms with Crippen molar-refractivity contribution in [2.24, 2.45) is 5.73 Å². The second kappa shape index (κ2) is 6.76. The average molecular weight is 248 g/mol. The van der Waals surface area contributed by atoms with Crippen molar-refractivity contribution >= 4 is 0 Å². The summed E-state index contributed by atoms with van der Waals surface area (Å²) in [4.78, 5) is 2.55. The first kappa shape index (κ1) is 13.4. The smallest absolute Gasteiger partial charge is 0.118 e. The first-order valence-corrected chi connectivity index (χ1v) is 6.90. The molecule has 2 N–H and O–H groups in total. The Labute approximate surface area is 110 Å². The van der Waals surface area contributed by atoms with Crippen LogP contribution in [-0.4, -0.2) is 37.7 Å². The van der Waals surface area contributed by atoms with Crippen LogP contribution in [0.3, 0.4) is 0 Å². The Morgan fingerprint density at radius 2 is 2.06 bits per heavy atom. The minimum atomic E-state index is 0.594. The minimum absolute atomic E-state index is 0.594. The van der Waals surface area contributed by atoms with E-state index in [9.17, 15) is 0 Å². The maximum absolute atomic E-state index is 5.84.